The lowest BCUT2D eigenvalue weighted by molar-refractivity contribution is -0.269. The Morgan fingerprint density at radius 2 is 1.45 bits per heavy atom. The van der Waals surface area contributed by atoms with Crippen molar-refractivity contribution < 1.29 is 9.47 Å². The number of fused-ring (bicyclic) bond motifs is 7. The van der Waals surface area contributed by atoms with Crippen LogP contribution in [0, 0.1) is 58.2 Å². The van der Waals surface area contributed by atoms with Gasteiger partial charge in [-0.05, 0) is 110 Å². The smallest absolute Gasteiger partial charge is 0.171 e. The molecule has 0 N–H and O–H groups in total. The maximum absolute atomic E-state index is 6.90. The van der Waals surface area contributed by atoms with Gasteiger partial charge in [0.2, 0.25) is 0 Å². The fraction of sp³-hybridized carbons (Fsp3) is 1.00. The van der Waals surface area contributed by atoms with Crippen molar-refractivity contribution in [3.05, 3.63) is 0 Å². The minimum Gasteiger partial charge on any atom is -0.349 e. The molecule has 2 nitrogen and oxygen atoms in total. The van der Waals surface area contributed by atoms with Gasteiger partial charge in [-0.1, -0.05) is 41.0 Å². The molecule has 6 aliphatic rings. The van der Waals surface area contributed by atoms with E-state index in [0.717, 1.165) is 42.6 Å². The predicted octanol–water partition coefficient (Wildman–Crippen LogP) is 7.46. The summed E-state index contributed by atoms with van der Waals surface area (Å²) in [7, 11) is 0. The first-order valence-electron chi connectivity index (χ1n) is 14.1. The minimum atomic E-state index is -0.264. The average molecular weight is 429 g/mol. The van der Waals surface area contributed by atoms with Gasteiger partial charge in [-0.15, -0.1) is 0 Å². The lowest BCUT2D eigenvalue weighted by Crippen LogP contribution is -2.58. The van der Waals surface area contributed by atoms with E-state index in [1.165, 1.54) is 64.2 Å². The van der Waals surface area contributed by atoms with Crippen LogP contribution in [0.1, 0.15) is 105 Å². The van der Waals surface area contributed by atoms with Crippen LogP contribution in [0.5, 0.6) is 0 Å². The van der Waals surface area contributed by atoms with Gasteiger partial charge < -0.3 is 9.47 Å². The van der Waals surface area contributed by atoms with Crippen molar-refractivity contribution in [3.63, 3.8) is 0 Å². The normalized spacial score (nSPS) is 61.3. The third-order valence-electron chi connectivity index (χ3n) is 12.5. The zero-order valence-corrected chi connectivity index (χ0v) is 21.0. The highest BCUT2D eigenvalue weighted by atomic mass is 16.7. The molecule has 4 saturated carbocycles. The van der Waals surface area contributed by atoms with Crippen molar-refractivity contribution in [2.75, 3.05) is 6.61 Å². The summed E-state index contributed by atoms with van der Waals surface area (Å²) in [4.78, 5) is 0. The zero-order valence-electron chi connectivity index (χ0n) is 21.0. The Bertz CT molecular complexity index is 695. The van der Waals surface area contributed by atoms with Crippen LogP contribution in [-0.2, 0) is 9.47 Å². The highest BCUT2D eigenvalue weighted by molar-refractivity contribution is 5.13. The molecule has 2 heterocycles. The molecule has 176 valence electrons. The molecule has 0 radical (unpaired) electrons. The van der Waals surface area contributed by atoms with E-state index in [0.29, 0.717) is 34.7 Å². The van der Waals surface area contributed by atoms with Crippen LogP contribution in [0.3, 0.4) is 0 Å². The quantitative estimate of drug-likeness (QED) is 0.373. The summed E-state index contributed by atoms with van der Waals surface area (Å²) in [5, 5.41) is 0. The molecule has 6 fully saturated rings. The second kappa shape index (κ2) is 7.21. The van der Waals surface area contributed by atoms with E-state index in [1.807, 2.05) is 0 Å². The van der Waals surface area contributed by atoms with E-state index in [-0.39, 0.29) is 5.79 Å². The summed E-state index contributed by atoms with van der Waals surface area (Å²) in [5.74, 6) is 6.55. The molecule has 2 saturated heterocycles. The van der Waals surface area contributed by atoms with E-state index in [2.05, 4.69) is 34.6 Å². The van der Waals surface area contributed by atoms with Crippen LogP contribution in [0.2, 0.25) is 0 Å². The molecule has 12 atom stereocenters. The van der Waals surface area contributed by atoms with Crippen LogP contribution >= 0.6 is 0 Å². The van der Waals surface area contributed by atoms with Gasteiger partial charge in [-0.25, -0.2) is 0 Å². The first-order chi connectivity index (χ1) is 14.8. The van der Waals surface area contributed by atoms with Crippen molar-refractivity contribution in [3.8, 4) is 0 Å². The number of hydrogen-bond acceptors (Lipinski definition) is 2. The second-order valence-electron chi connectivity index (χ2n) is 13.9. The molecule has 2 aliphatic heterocycles. The van der Waals surface area contributed by atoms with Crippen molar-refractivity contribution in [2.24, 2.45) is 58.2 Å². The molecule has 0 aromatic heterocycles. The van der Waals surface area contributed by atoms with Crippen LogP contribution < -0.4 is 0 Å². The van der Waals surface area contributed by atoms with Gasteiger partial charge in [0.05, 0.1) is 12.7 Å². The summed E-state index contributed by atoms with van der Waals surface area (Å²) in [6, 6.07) is 0. The molecular weight excluding hydrogens is 380 g/mol. The van der Waals surface area contributed by atoms with Crippen LogP contribution in [-0.4, -0.2) is 18.5 Å². The maximum atomic E-state index is 6.90. The van der Waals surface area contributed by atoms with Gasteiger partial charge in [0, 0.05) is 12.3 Å². The van der Waals surface area contributed by atoms with E-state index >= 15 is 0 Å². The molecular formula is C29H48O2. The SMILES string of the molecule is CC1C2C(CCC3C4CC[C@@H]5C[C@@H](C)CC[C@]5(C)C4CC[C@@]32C)O[C@]12CC[C@H](C)CO2. The predicted molar refractivity (Wildman–Crippen MR) is 125 cm³/mol. The molecule has 0 amide bonds. The fourth-order valence-corrected chi connectivity index (χ4v) is 10.7. The minimum absolute atomic E-state index is 0.264. The molecule has 1 spiro atoms. The van der Waals surface area contributed by atoms with Crippen LogP contribution in [0.4, 0.5) is 0 Å². The van der Waals surface area contributed by atoms with Gasteiger partial charge in [0.1, 0.15) is 0 Å². The summed E-state index contributed by atoms with van der Waals surface area (Å²) in [6.45, 7) is 13.7. The second-order valence-corrected chi connectivity index (χ2v) is 13.9. The standard InChI is InChI=1S/C29H48O2/c1-18-10-13-27(4)21(16-18)6-7-22-23-8-9-25-26(28(23,5)14-12-24(22)27)20(3)29(31-25)15-11-19(2)17-30-29/h18-26H,6-17H2,1-5H3/t18-,19-,20?,21+,22?,23?,24?,25?,26?,27-,28-,29+/m0/s1. The van der Waals surface area contributed by atoms with Gasteiger partial charge in [0.25, 0.3) is 0 Å². The van der Waals surface area contributed by atoms with E-state index in [4.69, 9.17) is 9.47 Å². The largest absolute Gasteiger partial charge is 0.349 e. The molecule has 6 unspecified atom stereocenters. The summed E-state index contributed by atoms with van der Waals surface area (Å²) < 4.78 is 13.4. The Labute approximate surface area is 191 Å². The number of rotatable bonds is 0. The van der Waals surface area contributed by atoms with Gasteiger partial charge >= 0.3 is 0 Å². The van der Waals surface area contributed by atoms with Gasteiger partial charge in [0.15, 0.2) is 5.79 Å². The number of ether oxygens (including phenoxy) is 2. The third-order valence-corrected chi connectivity index (χ3v) is 12.5. The van der Waals surface area contributed by atoms with Crippen LogP contribution in [0.15, 0.2) is 0 Å². The van der Waals surface area contributed by atoms with E-state index in [1.54, 1.807) is 0 Å². The summed E-state index contributed by atoms with van der Waals surface area (Å²) in [6.07, 6.45) is 16.0. The molecule has 31 heavy (non-hydrogen) atoms. The number of hydrogen-bond donors (Lipinski definition) is 0. The Hall–Kier alpha value is -0.0800. The fourth-order valence-electron chi connectivity index (χ4n) is 10.7. The highest BCUT2D eigenvalue weighted by Gasteiger charge is 2.66. The maximum Gasteiger partial charge on any atom is 0.171 e. The van der Waals surface area contributed by atoms with Crippen molar-refractivity contribution in [1.29, 1.82) is 0 Å². The molecule has 6 rings (SSSR count). The molecule has 4 aliphatic carbocycles. The molecule has 2 heteroatoms. The lowest BCUT2D eigenvalue weighted by atomic mass is 9.40. The Morgan fingerprint density at radius 1 is 0.710 bits per heavy atom. The third kappa shape index (κ3) is 2.95. The Balaban J connectivity index is 1.27. The zero-order chi connectivity index (χ0) is 21.6. The van der Waals surface area contributed by atoms with Crippen molar-refractivity contribution >= 4 is 0 Å². The van der Waals surface area contributed by atoms with Crippen LogP contribution in [0.25, 0.3) is 0 Å². The van der Waals surface area contributed by atoms with E-state index < -0.39 is 0 Å². The molecule has 0 aromatic carbocycles. The first-order valence-corrected chi connectivity index (χ1v) is 14.1. The summed E-state index contributed by atoms with van der Waals surface area (Å²) in [5.41, 5.74) is 1.10. The van der Waals surface area contributed by atoms with Gasteiger partial charge in [-0.2, -0.15) is 0 Å². The van der Waals surface area contributed by atoms with Crippen molar-refractivity contribution in [1.82, 2.24) is 0 Å². The average Bonchev–Trinajstić information content (AvgIpc) is 3.03. The monoisotopic (exact) mass is 428 g/mol. The van der Waals surface area contributed by atoms with E-state index in [9.17, 15) is 0 Å². The first kappa shape index (κ1) is 21.5. The topological polar surface area (TPSA) is 18.5 Å². The highest BCUT2D eigenvalue weighted by Crippen LogP contribution is 2.69. The molecule has 0 aromatic rings. The molecule has 0 bridgehead atoms. The lowest BCUT2D eigenvalue weighted by Gasteiger charge is -2.64. The Morgan fingerprint density at radius 3 is 2.23 bits per heavy atom. The Kier molecular flexibility index (Phi) is 4.99. The van der Waals surface area contributed by atoms with Crippen molar-refractivity contribution in [2.45, 2.75) is 117 Å². The van der Waals surface area contributed by atoms with Gasteiger partial charge in [-0.3, -0.25) is 0 Å². The summed E-state index contributed by atoms with van der Waals surface area (Å²) >= 11 is 0.